The monoisotopic (exact) mass is 397 g/mol. The Kier molecular flexibility index (Phi) is 5.61. The van der Waals surface area contributed by atoms with Crippen molar-refractivity contribution in [2.24, 2.45) is 5.84 Å². The molecule has 27 heavy (non-hydrogen) atoms. The Morgan fingerprint density at radius 3 is 2.81 bits per heavy atom. The molecule has 0 saturated carbocycles. The van der Waals surface area contributed by atoms with Crippen LogP contribution in [0.2, 0.25) is 0 Å². The maximum atomic E-state index is 13.0. The van der Waals surface area contributed by atoms with E-state index in [2.05, 4.69) is 14.7 Å². The summed E-state index contributed by atoms with van der Waals surface area (Å²) in [6.45, 7) is -0.779. The fraction of sp³-hybridized carbons (Fsp3) is 0.375. The number of hydrazine groups is 1. The number of thiazole rings is 1. The minimum absolute atomic E-state index is 0.0134. The summed E-state index contributed by atoms with van der Waals surface area (Å²) in [5.74, 6) is 3.30. The van der Waals surface area contributed by atoms with Crippen molar-refractivity contribution in [2.75, 3.05) is 6.54 Å². The number of amides is 2. The van der Waals surface area contributed by atoms with E-state index in [0.29, 0.717) is 6.54 Å². The number of halogens is 2. The molecule has 3 heterocycles. The van der Waals surface area contributed by atoms with Crippen LogP contribution in [-0.4, -0.2) is 39.8 Å². The van der Waals surface area contributed by atoms with E-state index < -0.39 is 24.3 Å². The SMILES string of the molecule is Cc1csc([C@H]2CCCN2C(=O)c2cc(OC(F)F)nc(C(=O)NN)c2)n1. The molecule has 1 saturated heterocycles. The van der Waals surface area contributed by atoms with Crippen LogP contribution in [0.5, 0.6) is 5.88 Å². The Hall–Kier alpha value is -2.66. The lowest BCUT2D eigenvalue weighted by Crippen LogP contribution is -2.33. The lowest BCUT2D eigenvalue weighted by molar-refractivity contribution is -0.0530. The number of hydrogen-bond acceptors (Lipinski definition) is 7. The molecule has 144 valence electrons. The standard InChI is InChI=1S/C16H17F2N5O3S/c1-8-7-27-14(20-8)11-3-2-4-23(11)15(25)9-5-10(13(24)22-19)21-12(6-9)26-16(17)18/h5-7,11,16H,2-4,19H2,1H3,(H,22,24)/t11-/m1/s1. The van der Waals surface area contributed by atoms with Crippen LogP contribution < -0.4 is 16.0 Å². The van der Waals surface area contributed by atoms with E-state index in [9.17, 15) is 18.4 Å². The molecule has 8 nitrogen and oxygen atoms in total. The number of nitrogen functional groups attached to an aromatic ring is 1. The van der Waals surface area contributed by atoms with E-state index in [1.54, 1.807) is 4.90 Å². The second kappa shape index (κ2) is 7.92. The minimum atomic E-state index is -3.14. The number of nitrogens with zero attached hydrogens (tertiary/aromatic N) is 3. The number of pyridine rings is 1. The van der Waals surface area contributed by atoms with Crippen LogP contribution in [0.1, 0.15) is 50.4 Å². The van der Waals surface area contributed by atoms with Crippen LogP contribution >= 0.6 is 11.3 Å². The molecule has 0 spiro atoms. The first-order valence-electron chi connectivity index (χ1n) is 8.10. The molecule has 11 heteroatoms. The molecule has 1 fully saturated rings. The van der Waals surface area contributed by atoms with Crippen molar-refractivity contribution in [3.05, 3.63) is 39.5 Å². The summed E-state index contributed by atoms with van der Waals surface area (Å²) in [6.07, 6.45) is 1.54. The topological polar surface area (TPSA) is 110 Å². The summed E-state index contributed by atoms with van der Waals surface area (Å²) < 4.78 is 29.4. The molecule has 3 rings (SSSR count). The van der Waals surface area contributed by atoms with Gasteiger partial charge in [0.1, 0.15) is 10.7 Å². The number of hydrogen-bond donors (Lipinski definition) is 2. The number of likely N-dealkylation sites (tertiary alicyclic amines) is 1. The number of nitrogens with two attached hydrogens (primary N) is 1. The normalized spacial score (nSPS) is 16.6. The molecule has 3 N–H and O–H groups in total. The van der Waals surface area contributed by atoms with Crippen LogP contribution in [-0.2, 0) is 0 Å². The predicted octanol–water partition coefficient (Wildman–Crippen LogP) is 2.03. The number of ether oxygens (including phenoxy) is 1. The zero-order valence-corrected chi connectivity index (χ0v) is 15.1. The largest absolute Gasteiger partial charge is 0.417 e. The van der Waals surface area contributed by atoms with Gasteiger partial charge in [-0.05, 0) is 25.8 Å². The lowest BCUT2D eigenvalue weighted by atomic mass is 10.1. The number of aromatic nitrogens is 2. The summed E-state index contributed by atoms with van der Waals surface area (Å²) in [6, 6.07) is 2.09. The van der Waals surface area contributed by atoms with Gasteiger partial charge in [-0.25, -0.2) is 15.8 Å². The summed E-state index contributed by atoms with van der Waals surface area (Å²) in [5, 5.41) is 2.72. The third kappa shape index (κ3) is 4.19. The van der Waals surface area contributed by atoms with Gasteiger partial charge in [0.2, 0.25) is 5.88 Å². The number of aryl methyl sites for hydroxylation is 1. The molecule has 2 aromatic heterocycles. The number of carbonyl (C=O) groups is 2. The van der Waals surface area contributed by atoms with Crippen molar-refractivity contribution in [2.45, 2.75) is 32.4 Å². The molecule has 0 bridgehead atoms. The first-order chi connectivity index (χ1) is 12.9. The van der Waals surface area contributed by atoms with Crippen LogP contribution in [0.25, 0.3) is 0 Å². The van der Waals surface area contributed by atoms with Crippen molar-refractivity contribution < 1.29 is 23.1 Å². The fourth-order valence-corrected chi connectivity index (χ4v) is 3.87. The third-order valence-corrected chi connectivity index (χ3v) is 5.12. The van der Waals surface area contributed by atoms with Crippen molar-refractivity contribution in [1.29, 1.82) is 0 Å². The van der Waals surface area contributed by atoms with Crippen LogP contribution in [0, 0.1) is 6.92 Å². The van der Waals surface area contributed by atoms with Crippen molar-refractivity contribution in [1.82, 2.24) is 20.3 Å². The Labute approximate surface area is 157 Å². The van der Waals surface area contributed by atoms with Gasteiger partial charge in [0, 0.05) is 29.2 Å². The molecule has 0 aliphatic carbocycles. The summed E-state index contributed by atoms with van der Waals surface area (Å²) in [4.78, 5) is 34.5. The quantitative estimate of drug-likeness (QED) is 0.454. The molecular weight excluding hydrogens is 380 g/mol. The number of rotatable bonds is 5. The summed E-state index contributed by atoms with van der Waals surface area (Å²) >= 11 is 1.46. The van der Waals surface area contributed by atoms with E-state index in [-0.39, 0.29) is 17.3 Å². The van der Waals surface area contributed by atoms with Crippen LogP contribution in [0.3, 0.4) is 0 Å². The molecule has 0 aromatic carbocycles. The predicted molar refractivity (Wildman–Crippen MR) is 92.4 cm³/mol. The molecule has 1 atom stereocenters. The molecule has 2 aromatic rings. The Bertz CT molecular complexity index is 860. The zero-order chi connectivity index (χ0) is 19.6. The molecule has 1 aliphatic rings. The van der Waals surface area contributed by atoms with Gasteiger partial charge in [-0.15, -0.1) is 11.3 Å². The van der Waals surface area contributed by atoms with E-state index in [4.69, 9.17) is 5.84 Å². The molecule has 0 unspecified atom stereocenters. The second-order valence-corrected chi connectivity index (χ2v) is 6.80. The highest BCUT2D eigenvalue weighted by Gasteiger charge is 2.33. The van der Waals surface area contributed by atoms with Gasteiger partial charge < -0.3 is 9.64 Å². The summed E-state index contributed by atoms with van der Waals surface area (Å²) in [7, 11) is 0. The molecule has 2 amide bonds. The van der Waals surface area contributed by atoms with Gasteiger partial charge in [0.15, 0.2) is 0 Å². The minimum Gasteiger partial charge on any atom is -0.417 e. The highest BCUT2D eigenvalue weighted by molar-refractivity contribution is 7.09. The van der Waals surface area contributed by atoms with E-state index in [0.717, 1.165) is 29.6 Å². The highest BCUT2D eigenvalue weighted by atomic mass is 32.1. The van der Waals surface area contributed by atoms with Crippen LogP contribution in [0.15, 0.2) is 17.5 Å². The summed E-state index contributed by atoms with van der Waals surface area (Å²) in [5.41, 5.74) is 2.45. The average molecular weight is 397 g/mol. The maximum absolute atomic E-state index is 13.0. The first kappa shape index (κ1) is 19.1. The maximum Gasteiger partial charge on any atom is 0.388 e. The van der Waals surface area contributed by atoms with E-state index >= 15 is 0 Å². The van der Waals surface area contributed by atoms with Gasteiger partial charge in [0.05, 0.1) is 6.04 Å². The Morgan fingerprint density at radius 1 is 1.41 bits per heavy atom. The average Bonchev–Trinajstić information content (AvgIpc) is 3.28. The van der Waals surface area contributed by atoms with E-state index in [1.807, 2.05) is 17.7 Å². The van der Waals surface area contributed by atoms with Gasteiger partial charge in [0.25, 0.3) is 11.8 Å². The Balaban J connectivity index is 1.93. The van der Waals surface area contributed by atoms with Gasteiger partial charge in [-0.1, -0.05) is 0 Å². The third-order valence-electron chi connectivity index (χ3n) is 4.06. The van der Waals surface area contributed by atoms with E-state index in [1.165, 1.54) is 17.4 Å². The number of alkyl halides is 2. The molecule has 0 radical (unpaired) electrons. The van der Waals surface area contributed by atoms with Crippen LogP contribution in [0.4, 0.5) is 8.78 Å². The van der Waals surface area contributed by atoms with Gasteiger partial charge in [-0.2, -0.15) is 8.78 Å². The second-order valence-electron chi connectivity index (χ2n) is 5.91. The Morgan fingerprint density at radius 2 is 2.19 bits per heavy atom. The fourth-order valence-electron chi connectivity index (χ4n) is 2.93. The molecule has 1 aliphatic heterocycles. The van der Waals surface area contributed by atoms with Crippen molar-refractivity contribution >= 4 is 23.2 Å². The van der Waals surface area contributed by atoms with Gasteiger partial charge in [-0.3, -0.25) is 15.0 Å². The first-order valence-corrected chi connectivity index (χ1v) is 8.98. The zero-order valence-electron chi connectivity index (χ0n) is 14.3. The van der Waals surface area contributed by atoms with Crippen molar-refractivity contribution in [3.8, 4) is 5.88 Å². The lowest BCUT2D eigenvalue weighted by Gasteiger charge is -2.23. The smallest absolute Gasteiger partial charge is 0.388 e. The van der Waals surface area contributed by atoms with Crippen molar-refractivity contribution in [3.63, 3.8) is 0 Å². The molecular formula is C16H17F2N5O3S. The van der Waals surface area contributed by atoms with Gasteiger partial charge >= 0.3 is 6.61 Å². The number of nitrogens with one attached hydrogen (secondary N) is 1. The number of carbonyl (C=O) groups excluding carboxylic acids is 2. The highest BCUT2D eigenvalue weighted by Crippen LogP contribution is 2.35.